The average molecular weight is 473 g/mol. The van der Waals surface area contributed by atoms with Gasteiger partial charge in [0, 0.05) is 19.6 Å². The zero-order valence-electron chi connectivity index (χ0n) is 16.7. The second-order valence-corrected chi connectivity index (χ2v) is 8.21. The van der Waals surface area contributed by atoms with E-state index in [9.17, 15) is 18.0 Å². The molecule has 31 heavy (non-hydrogen) atoms. The first-order valence-electron chi connectivity index (χ1n) is 9.16. The Bertz CT molecular complexity index is 1060. The Kier molecular flexibility index (Phi) is 6.93. The van der Waals surface area contributed by atoms with Gasteiger partial charge >= 0.3 is 6.18 Å². The van der Waals surface area contributed by atoms with Crippen molar-refractivity contribution in [1.82, 2.24) is 15.1 Å². The summed E-state index contributed by atoms with van der Waals surface area (Å²) in [5, 5.41) is 7.77. The first-order chi connectivity index (χ1) is 14.6. The van der Waals surface area contributed by atoms with Crippen molar-refractivity contribution in [3.8, 4) is 16.3 Å². The Hall–Kier alpha value is -2.56. The molecule has 1 amide bonds. The summed E-state index contributed by atoms with van der Waals surface area (Å²) in [6, 6.07) is 6.06. The smallest absolute Gasteiger partial charge is 0.416 e. The standard InChI is InChI=1S/C20H20ClF3N4O2S/c1-28-17(15(21)10-26-28)14-8-16(31-19(14)30-2)18(29)27-13(9-25)7-11-4-3-5-12(6-11)20(22,23)24/h3-6,8,10,13H,7,9,25H2,1-2H3,(H,27,29). The van der Waals surface area contributed by atoms with Gasteiger partial charge in [-0.25, -0.2) is 0 Å². The van der Waals surface area contributed by atoms with Crippen LogP contribution >= 0.6 is 22.9 Å². The number of hydrogen-bond donors (Lipinski definition) is 2. The maximum atomic E-state index is 12.9. The van der Waals surface area contributed by atoms with Gasteiger partial charge in [0.1, 0.15) is 0 Å². The predicted molar refractivity (Wildman–Crippen MR) is 114 cm³/mol. The molecule has 0 aliphatic carbocycles. The van der Waals surface area contributed by atoms with Gasteiger partial charge in [0.25, 0.3) is 5.91 Å². The predicted octanol–water partition coefficient (Wildman–Crippen LogP) is 4.13. The number of benzene rings is 1. The van der Waals surface area contributed by atoms with Gasteiger partial charge in [0.2, 0.25) is 0 Å². The number of ether oxygens (including phenoxy) is 1. The second-order valence-electron chi connectivity index (χ2n) is 6.79. The Morgan fingerprint density at radius 3 is 2.71 bits per heavy atom. The lowest BCUT2D eigenvalue weighted by Crippen LogP contribution is -2.41. The van der Waals surface area contributed by atoms with Crippen molar-refractivity contribution < 1.29 is 22.7 Å². The van der Waals surface area contributed by atoms with Crippen LogP contribution in [0, 0.1) is 0 Å². The number of nitrogens with zero attached hydrogens (tertiary/aromatic N) is 2. The minimum absolute atomic E-state index is 0.0604. The van der Waals surface area contributed by atoms with E-state index >= 15 is 0 Å². The van der Waals surface area contributed by atoms with Crippen LogP contribution < -0.4 is 15.8 Å². The molecule has 0 spiro atoms. The van der Waals surface area contributed by atoms with Gasteiger partial charge in [-0.2, -0.15) is 18.3 Å². The van der Waals surface area contributed by atoms with E-state index in [1.165, 1.54) is 19.4 Å². The third-order valence-corrected chi connectivity index (χ3v) is 5.98. The zero-order chi connectivity index (χ0) is 22.8. The number of thiophene rings is 1. The van der Waals surface area contributed by atoms with E-state index in [0.717, 1.165) is 23.5 Å². The minimum Gasteiger partial charge on any atom is -0.487 e. The largest absolute Gasteiger partial charge is 0.487 e. The highest BCUT2D eigenvalue weighted by Crippen LogP contribution is 2.40. The van der Waals surface area contributed by atoms with Crippen LogP contribution in [0.25, 0.3) is 11.3 Å². The van der Waals surface area contributed by atoms with Crippen LogP contribution in [0.5, 0.6) is 5.06 Å². The molecular weight excluding hydrogens is 453 g/mol. The highest BCUT2D eigenvalue weighted by atomic mass is 35.5. The number of aromatic nitrogens is 2. The molecule has 1 atom stereocenters. The van der Waals surface area contributed by atoms with Gasteiger partial charge in [0.15, 0.2) is 5.06 Å². The molecule has 2 heterocycles. The zero-order valence-corrected chi connectivity index (χ0v) is 18.2. The van der Waals surface area contributed by atoms with E-state index < -0.39 is 23.7 Å². The number of carbonyl (C=O) groups is 1. The maximum absolute atomic E-state index is 12.9. The summed E-state index contributed by atoms with van der Waals surface area (Å²) in [6.45, 7) is 0.0604. The topological polar surface area (TPSA) is 82.2 Å². The molecule has 166 valence electrons. The van der Waals surface area contributed by atoms with Crippen LogP contribution in [0.1, 0.15) is 20.8 Å². The number of aryl methyl sites for hydroxylation is 1. The van der Waals surface area contributed by atoms with Crippen LogP contribution in [-0.4, -0.2) is 35.4 Å². The van der Waals surface area contributed by atoms with Crippen molar-refractivity contribution >= 4 is 28.8 Å². The van der Waals surface area contributed by atoms with Crippen molar-refractivity contribution in [2.24, 2.45) is 12.8 Å². The van der Waals surface area contributed by atoms with Crippen molar-refractivity contribution in [2.75, 3.05) is 13.7 Å². The fourth-order valence-electron chi connectivity index (χ4n) is 3.13. The molecule has 3 aromatic rings. The second kappa shape index (κ2) is 9.29. The number of alkyl halides is 3. The molecule has 1 aromatic carbocycles. The van der Waals surface area contributed by atoms with Crippen LogP contribution in [0.15, 0.2) is 36.5 Å². The lowest BCUT2D eigenvalue weighted by molar-refractivity contribution is -0.137. The van der Waals surface area contributed by atoms with Crippen molar-refractivity contribution in [3.05, 3.63) is 57.6 Å². The number of rotatable bonds is 7. The van der Waals surface area contributed by atoms with E-state index in [2.05, 4.69) is 10.4 Å². The summed E-state index contributed by atoms with van der Waals surface area (Å²) in [7, 11) is 3.20. The average Bonchev–Trinajstić information content (AvgIpc) is 3.29. The normalized spacial score (nSPS) is 12.6. The molecule has 0 saturated heterocycles. The monoisotopic (exact) mass is 472 g/mol. The van der Waals surface area contributed by atoms with Gasteiger partial charge in [0.05, 0.1) is 40.0 Å². The highest BCUT2D eigenvalue weighted by Gasteiger charge is 2.30. The van der Waals surface area contributed by atoms with Crippen molar-refractivity contribution in [2.45, 2.75) is 18.6 Å². The van der Waals surface area contributed by atoms with E-state index in [0.29, 0.717) is 31.8 Å². The molecule has 1 unspecified atom stereocenters. The minimum atomic E-state index is -4.44. The molecule has 6 nitrogen and oxygen atoms in total. The van der Waals surface area contributed by atoms with Crippen LogP contribution in [0.4, 0.5) is 13.2 Å². The fourth-order valence-corrected chi connectivity index (χ4v) is 4.27. The van der Waals surface area contributed by atoms with Crippen LogP contribution in [0.3, 0.4) is 0 Å². The summed E-state index contributed by atoms with van der Waals surface area (Å²) < 4.78 is 45.8. The molecule has 0 fully saturated rings. The molecule has 3 N–H and O–H groups in total. The molecule has 11 heteroatoms. The van der Waals surface area contributed by atoms with Gasteiger partial charge in [-0.15, -0.1) is 0 Å². The first-order valence-corrected chi connectivity index (χ1v) is 10.4. The summed E-state index contributed by atoms with van der Waals surface area (Å²) in [6.07, 6.45) is -2.78. The molecule has 2 aromatic heterocycles. The van der Waals surface area contributed by atoms with Gasteiger partial charge < -0.3 is 15.8 Å². The third kappa shape index (κ3) is 5.20. The lowest BCUT2D eigenvalue weighted by Gasteiger charge is -2.17. The van der Waals surface area contributed by atoms with Gasteiger partial charge in [-0.1, -0.05) is 41.1 Å². The van der Waals surface area contributed by atoms with Crippen molar-refractivity contribution in [1.29, 1.82) is 0 Å². The summed E-state index contributed by atoms with van der Waals surface area (Å²) in [5.74, 6) is -0.407. The number of carbonyl (C=O) groups excluding carboxylic acids is 1. The summed E-state index contributed by atoms with van der Waals surface area (Å²) >= 11 is 7.33. The summed E-state index contributed by atoms with van der Waals surface area (Å²) in [5.41, 5.74) is 6.67. The number of nitrogens with two attached hydrogens (primary N) is 1. The van der Waals surface area contributed by atoms with Gasteiger partial charge in [-0.3, -0.25) is 9.48 Å². The molecule has 0 aliphatic heterocycles. The lowest BCUT2D eigenvalue weighted by atomic mass is 10.0. The first kappa shape index (κ1) is 23.1. The Balaban J connectivity index is 1.79. The molecule has 3 rings (SSSR count). The molecule has 0 radical (unpaired) electrons. The SMILES string of the molecule is COc1sc(C(=O)NC(CN)Cc2cccc(C(F)(F)F)c2)cc1-c1c(Cl)cnn1C. The fraction of sp³-hybridized carbons (Fsp3) is 0.300. The van der Waals surface area contributed by atoms with E-state index in [1.54, 1.807) is 23.9 Å². The van der Waals surface area contributed by atoms with Crippen LogP contribution in [0.2, 0.25) is 5.02 Å². The number of amides is 1. The Labute approximate surface area is 185 Å². The molecule has 0 bridgehead atoms. The number of methoxy groups -OCH3 is 1. The quantitative estimate of drug-likeness (QED) is 0.541. The molecule has 0 aliphatic rings. The number of nitrogens with one attached hydrogen (secondary N) is 1. The Morgan fingerprint density at radius 1 is 1.39 bits per heavy atom. The van der Waals surface area contributed by atoms with Crippen LogP contribution in [-0.2, 0) is 19.6 Å². The highest BCUT2D eigenvalue weighted by molar-refractivity contribution is 7.16. The van der Waals surface area contributed by atoms with E-state index in [-0.39, 0.29) is 13.0 Å². The third-order valence-electron chi connectivity index (χ3n) is 4.61. The maximum Gasteiger partial charge on any atom is 0.416 e. The van der Waals surface area contributed by atoms with Crippen molar-refractivity contribution in [3.63, 3.8) is 0 Å². The van der Waals surface area contributed by atoms with E-state index in [4.69, 9.17) is 22.1 Å². The number of halogens is 4. The summed E-state index contributed by atoms with van der Waals surface area (Å²) in [4.78, 5) is 13.2. The van der Waals surface area contributed by atoms with E-state index in [1.807, 2.05) is 0 Å². The number of hydrogen-bond acceptors (Lipinski definition) is 5. The Morgan fingerprint density at radius 2 is 2.13 bits per heavy atom. The van der Waals surface area contributed by atoms with Gasteiger partial charge in [-0.05, 0) is 24.1 Å². The molecular formula is C20H20ClF3N4O2S. The molecule has 0 saturated carbocycles.